The minimum atomic E-state index is -1.02. The second-order valence-corrected chi connectivity index (χ2v) is 7.05. The first-order chi connectivity index (χ1) is 12.6. The molecule has 132 valence electrons. The van der Waals surface area contributed by atoms with Gasteiger partial charge in [-0.05, 0) is 23.3 Å². The summed E-state index contributed by atoms with van der Waals surface area (Å²) >= 11 is 1.18. The largest absolute Gasteiger partial charge is 0.497 e. The summed E-state index contributed by atoms with van der Waals surface area (Å²) in [4.78, 5) is 11.7. The first-order valence-corrected chi connectivity index (χ1v) is 8.83. The van der Waals surface area contributed by atoms with Crippen molar-refractivity contribution in [1.82, 2.24) is 0 Å². The summed E-state index contributed by atoms with van der Waals surface area (Å²) in [6.07, 6.45) is 0. The third-order valence-electron chi connectivity index (χ3n) is 4.43. The van der Waals surface area contributed by atoms with E-state index in [0.29, 0.717) is 16.3 Å². The van der Waals surface area contributed by atoms with Gasteiger partial charge < -0.3 is 10.5 Å². The molecular formula is C19H17N3O3S. The lowest BCUT2D eigenvalue weighted by atomic mass is 9.82. The smallest absolute Gasteiger partial charge is 0.240 e. The average Bonchev–Trinajstić information content (AvgIpc) is 2.67. The topological polar surface area (TPSA) is 102 Å². The molecule has 0 spiro atoms. The molecule has 2 N–H and O–H groups in total. The van der Waals surface area contributed by atoms with E-state index in [1.807, 2.05) is 30.3 Å². The Hall–Kier alpha value is -2.98. The summed E-state index contributed by atoms with van der Waals surface area (Å²) in [5.41, 5.74) is 7.83. The van der Waals surface area contributed by atoms with Crippen LogP contribution < -0.4 is 10.5 Å². The Morgan fingerprint density at radius 1 is 1.19 bits per heavy atom. The van der Waals surface area contributed by atoms with Crippen LogP contribution in [-0.2, 0) is 0 Å². The van der Waals surface area contributed by atoms with Gasteiger partial charge in [-0.15, -0.1) is 0 Å². The fraction of sp³-hybridized carbons (Fsp3) is 0.211. The second-order valence-electron chi connectivity index (χ2n) is 5.87. The van der Waals surface area contributed by atoms with Crippen molar-refractivity contribution >= 4 is 11.8 Å². The number of thioether (sulfide) groups is 1. The highest BCUT2D eigenvalue weighted by Crippen LogP contribution is 2.50. The molecule has 0 saturated carbocycles. The van der Waals surface area contributed by atoms with Gasteiger partial charge in [0.1, 0.15) is 11.0 Å². The molecule has 1 heterocycles. The maximum absolute atomic E-state index is 12.0. The van der Waals surface area contributed by atoms with Crippen molar-refractivity contribution in [3.8, 4) is 11.8 Å². The van der Waals surface area contributed by atoms with Crippen LogP contribution in [0.1, 0.15) is 22.3 Å². The van der Waals surface area contributed by atoms with Crippen molar-refractivity contribution in [3.05, 3.63) is 86.4 Å². The molecule has 2 aromatic carbocycles. The highest BCUT2D eigenvalue weighted by molar-refractivity contribution is 8.03. The quantitative estimate of drug-likeness (QED) is 0.654. The van der Waals surface area contributed by atoms with Crippen molar-refractivity contribution in [1.29, 1.82) is 5.26 Å². The van der Waals surface area contributed by atoms with Crippen LogP contribution in [0.5, 0.6) is 5.75 Å². The van der Waals surface area contributed by atoms with Crippen LogP contribution >= 0.6 is 11.8 Å². The fourth-order valence-electron chi connectivity index (χ4n) is 3.23. The zero-order valence-corrected chi connectivity index (χ0v) is 14.8. The molecule has 3 rings (SSSR count). The Morgan fingerprint density at radius 3 is 2.50 bits per heavy atom. The molecule has 3 atom stereocenters. The minimum Gasteiger partial charge on any atom is -0.497 e. The fourth-order valence-corrected chi connectivity index (χ4v) is 4.49. The SMILES string of the molecule is COc1cccc([C@H]2C(C#N)=C(N)S[C@@H](c3ccccc3)[C@H]2[N+](=O)[O-])c1. The van der Waals surface area contributed by atoms with Gasteiger partial charge in [-0.1, -0.05) is 54.2 Å². The molecule has 1 aliphatic rings. The van der Waals surface area contributed by atoms with E-state index in [4.69, 9.17) is 10.5 Å². The summed E-state index contributed by atoms with van der Waals surface area (Å²) in [6.45, 7) is 0. The molecule has 6 nitrogen and oxygen atoms in total. The molecule has 26 heavy (non-hydrogen) atoms. The van der Waals surface area contributed by atoms with Crippen LogP contribution in [-0.4, -0.2) is 18.1 Å². The van der Waals surface area contributed by atoms with Crippen LogP contribution in [0.25, 0.3) is 0 Å². The van der Waals surface area contributed by atoms with E-state index in [9.17, 15) is 15.4 Å². The van der Waals surface area contributed by atoms with E-state index in [1.165, 1.54) is 18.9 Å². The van der Waals surface area contributed by atoms with Crippen molar-refractivity contribution in [2.75, 3.05) is 7.11 Å². The highest BCUT2D eigenvalue weighted by Gasteiger charge is 2.48. The number of hydrogen-bond donors (Lipinski definition) is 1. The summed E-state index contributed by atoms with van der Waals surface area (Å²) < 4.78 is 5.24. The Labute approximate surface area is 155 Å². The predicted molar refractivity (Wildman–Crippen MR) is 100 cm³/mol. The Morgan fingerprint density at radius 2 is 1.88 bits per heavy atom. The van der Waals surface area contributed by atoms with Crippen molar-refractivity contribution in [2.24, 2.45) is 5.73 Å². The van der Waals surface area contributed by atoms with Crippen LogP contribution in [0, 0.1) is 21.4 Å². The number of nitriles is 1. The van der Waals surface area contributed by atoms with E-state index < -0.39 is 17.2 Å². The van der Waals surface area contributed by atoms with Crippen LogP contribution in [0.4, 0.5) is 0 Å². The number of rotatable bonds is 4. The number of ether oxygens (including phenoxy) is 1. The molecule has 0 saturated heterocycles. The van der Waals surface area contributed by atoms with E-state index in [1.54, 1.807) is 24.3 Å². The number of nitrogens with zero attached hydrogens (tertiary/aromatic N) is 2. The van der Waals surface area contributed by atoms with Crippen LogP contribution in [0.15, 0.2) is 65.2 Å². The molecule has 0 radical (unpaired) electrons. The molecule has 0 amide bonds. The van der Waals surface area contributed by atoms with E-state index in [-0.39, 0.29) is 10.5 Å². The Bertz CT molecular complexity index is 892. The number of methoxy groups -OCH3 is 1. The maximum Gasteiger partial charge on any atom is 0.240 e. The molecule has 0 unspecified atom stereocenters. The average molecular weight is 367 g/mol. The van der Waals surface area contributed by atoms with Gasteiger partial charge in [-0.2, -0.15) is 5.26 Å². The summed E-state index contributed by atoms with van der Waals surface area (Å²) in [6, 6.07) is 17.3. The molecular weight excluding hydrogens is 350 g/mol. The standard InChI is InChI=1S/C19H17N3O3S/c1-25-14-9-5-8-13(10-14)16-15(11-20)19(21)26-18(17(16)22(23)24)12-6-3-2-4-7-12/h2-10,16-18H,21H2,1H3/t16-,17-,18-/m0/s1. The van der Waals surface area contributed by atoms with Gasteiger partial charge in [0.2, 0.25) is 6.04 Å². The monoisotopic (exact) mass is 367 g/mol. The van der Waals surface area contributed by atoms with Crippen LogP contribution in [0.2, 0.25) is 0 Å². The van der Waals surface area contributed by atoms with Gasteiger partial charge in [-0.3, -0.25) is 10.1 Å². The lowest BCUT2D eigenvalue weighted by molar-refractivity contribution is -0.525. The van der Waals surface area contributed by atoms with Crippen LogP contribution in [0.3, 0.4) is 0 Å². The number of benzene rings is 2. The zero-order valence-electron chi connectivity index (χ0n) is 14.0. The number of nitrogens with two attached hydrogens (primary N) is 1. The Balaban J connectivity index is 2.18. The molecule has 0 bridgehead atoms. The maximum atomic E-state index is 12.0. The zero-order chi connectivity index (χ0) is 18.7. The predicted octanol–water partition coefficient (Wildman–Crippen LogP) is 3.61. The third-order valence-corrected chi connectivity index (χ3v) is 5.71. The lowest BCUT2D eigenvalue weighted by Gasteiger charge is -2.32. The second kappa shape index (κ2) is 7.50. The van der Waals surface area contributed by atoms with Gasteiger partial charge >= 0.3 is 0 Å². The van der Waals surface area contributed by atoms with Gasteiger partial charge in [0.15, 0.2) is 0 Å². The van der Waals surface area contributed by atoms with Gasteiger partial charge in [0, 0.05) is 4.92 Å². The molecule has 2 aromatic rings. The number of hydrogen-bond acceptors (Lipinski definition) is 6. The number of nitro groups is 1. The third kappa shape index (κ3) is 3.24. The molecule has 0 aromatic heterocycles. The van der Waals surface area contributed by atoms with Crippen molar-refractivity contribution in [2.45, 2.75) is 17.2 Å². The molecule has 0 fully saturated rings. The van der Waals surface area contributed by atoms with Crippen molar-refractivity contribution < 1.29 is 9.66 Å². The minimum absolute atomic E-state index is 0.233. The van der Waals surface area contributed by atoms with E-state index in [0.717, 1.165) is 5.56 Å². The van der Waals surface area contributed by atoms with Gasteiger partial charge in [-0.25, -0.2) is 0 Å². The van der Waals surface area contributed by atoms with Crippen molar-refractivity contribution in [3.63, 3.8) is 0 Å². The van der Waals surface area contributed by atoms with Gasteiger partial charge in [0.25, 0.3) is 0 Å². The first kappa shape index (κ1) is 17.8. The molecule has 7 heteroatoms. The summed E-state index contributed by atoms with van der Waals surface area (Å²) in [5, 5.41) is 21.5. The lowest BCUT2D eigenvalue weighted by Crippen LogP contribution is -2.37. The summed E-state index contributed by atoms with van der Waals surface area (Å²) in [5.74, 6) is -0.161. The highest BCUT2D eigenvalue weighted by atomic mass is 32.2. The van der Waals surface area contributed by atoms with E-state index in [2.05, 4.69) is 6.07 Å². The summed E-state index contributed by atoms with van der Waals surface area (Å²) in [7, 11) is 1.53. The van der Waals surface area contributed by atoms with E-state index >= 15 is 0 Å². The normalized spacial score (nSPS) is 22.5. The molecule has 0 aliphatic carbocycles. The first-order valence-electron chi connectivity index (χ1n) is 7.95. The van der Waals surface area contributed by atoms with Gasteiger partial charge in [0.05, 0.1) is 29.7 Å². The molecule has 1 aliphatic heterocycles. The Kier molecular flexibility index (Phi) is 5.14.